The van der Waals surface area contributed by atoms with Crippen molar-refractivity contribution in [1.29, 1.82) is 0 Å². The lowest BCUT2D eigenvalue weighted by atomic mass is 9.97. The normalized spacial score (nSPS) is 13.3. The van der Waals surface area contributed by atoms with E-state index in [1.807, 2.05) is 34.7 Å². The third kappa shape index (κ3) is 4.41. The Morgan fingerprint density at radius 3 is 2.89 bits per heavy atom. The molecule has 2 aromatic carbocycles. The fraction of sp³-hybridized carbons (Fsp3) is 0.296. The lowest BCUT2D eigenvalue weighted by Crippen LogP contribution is -2.36. The number of fused-ring (bicyclic) bond motifs is 3. The number of rotatable bonds is 7. The molecule has 5 aromatic rings. The maximum absolute atomic E-state index is 12.5. The maximum Gasteiger partial charge on any atom is 0.292 e. The number of anilines is 2. The number of ether oxygens (including phenoxy) is 1. The first-order valence-corrected chi connectivity index (χ1v) is 12.6. The molecule has 0 atom stereocenters. The van der Waals surface area contributed by atoms with Crippen LogP contribution in [0.25, 0.3) is 33.4 Å². The van der Waals surface area contributed by atoms with Crippen LogP contribution in [0.5, 0.6) is 0 Å². The van der Waals surface area contributed by atoms with Crippen LogP contribution >= 0.6 is 0 Å². The van der Waals surface area contributed by atoms with Crippen molar-refractivity contribution in [3.63, 3.8) is 0 Å². The van der Waals surface area contributed by atoms with Gasteiger partial charge >= 0.3 is 0 Å². The molecule has 1 aliphatic rings. The molecule has 0 saturated heterocycles. The maximum atomic E-state index is 12.5. The number of amides is 1. The fourth-order valence-electron chi connectivity index (χ4n) is 4.99. The van der Waals surface area contributed by atoms with Crippen molar-refractivity contribution >= 4 is 39.9 Å². The number of hydrogen-bond donors (Lipinski definition) is 2. The molecule has 194 valence electrons. The topological polar surface area (TPSA) is 151 Å². The van der Waals surface area contributed by atoms with Gasteiger partial charge < -0.3 is 25.5 Å². The Morgan fingerprint density at radius 2 is 2.03 bits per heavy atom. The SMILES string of the molecule is CCOCCC(=O)N1CCc2cc(Cn3nc(-c4ccc5oc(N)nc5c4)c4c(N)ncnc43)ccc2C1. The number of benzene rings is 2. The average Bonchev–Trinajstić information content (AvgIpc) is 3.48. The Hall–Kier alpha value is -4.51. The molecule has 1 amide bonds. The van der Waals surface area contributed by atoms with E-state index < -0.39 is 0 Å². The van der Waals surface area contributed by atoms with Gasteiger partial charge in [-0.1, -0.05) is 18.2 Å². The van der Waals surface area contributed by atoms with Gasteiger partial charge in [-0.3, -0.25) is 4.79 Å². The van der Waals surface area contributed by atoms with Crippen molar-refractivity contribution in [3.8, 4) is 11.3 Å². The zero-order valence-corrected chi connectivity index (χ0v) is 21.1. The fourth-order valence-corrected chi connectivity index (χ4v) is 4.99. The van der Waals surface area contributed by atoms with Crippen LogP contribution in [-0.2, 0) is 29.0 Å². The third-order valence-electron chi connectivity index (χ3n) is 6.87. The average molecular weight is 513 g/mol. The highest BCUT2D eigenvalue weighted by Crippen LogP contribution is 2.33. The number of nitrogens with two attached hydrogens (primary N) is 2. The summed E-state index contributed by atoms with van der Waals surface area (Å²) in [6.07, 6.45) is 2.67. The smallest absolute Gasteiger partial charge is 0.292 e. The number of nitrogens with zero attached hydrogens (tertiary/aromatic N) is 6. The first-order valence-electron chi connectivity index (χ1n) is 12.6. The van der Waals surface area contributed by atoms with Crippen molar-refractivity contribution in [1.82, 2.24) is 29.6 Å². The van der Waals surface area contributed by atoms with E-state index in [-0.39, 0.29) is 11.9 Å². The highest BCUT2D eigenvalue weighted by molar-refractivity contribution is 5.99. The van der Waals surface area contributed by atoms with Gasteiger partial charge in [0, 0.05) is 25.3 Å². The first kappa shape index (κ1) is 23.9. The zero-order valence-electron chi connectivity index (χ0n) is 21.1. The molecule has 1 aliphatic heterocycles. The minimum Gasteiger partial charge on any atom is -0.424 e. The number of carbonyl (C=O) groups excluding carboxylic acids is 1. The van der Waals surface area contributed by atoms with E-state index in [9.17, 15) is 4.79 Å². The van der Waals surface area contributed by atoms with Crippen LogP contribution in [-0.4, -0.2) is 55.3 Å². The standard InChI is InChI=1S/C27H28N8O3/c1-2-37-10-8-22(36)34-9-7-17-11-16(3-4-19(17)14-34)13-35-26-23(25(28)30-15-31-26)24(33-35)18-5-6-21-20(12-18)32-27(29)38-21/h3-6,11-12,15H,2,7-10,13-14H2,1H3,(H2,29,32)(H2,28,30,31). The van der Waals surface area contributed by atoms with Crippen molar-refractivity contribution in [2.75, 3.05) is 31.2 Å². The molecule has 0 unspecified atom stereocenters. The van der Waals surface area contributed by atoms with Crippen LogP contribution in [0.1, 0.15) is 30.0 Å². The molecule has 0 aliphatic carbocycles. The van der Waals surface area contributed by atoms with E-state index in [0.717, 1.165) is 17.5 Å². The summed E-state index contributed by atoms with van der Waals surface area (Å²) in [6.45, 7) is 4.85. The minimum atomic E-state index is 0.112. The summed E-state index contributed by atoms with van der Waals surface area (Å²) >= 11 is 0. The lowest BCUT2D eigenvalue weighted by Gasteiger charge is -2.29. The van der Waals surface area contributed by atoms with Crippen LogP contribution in [0.3, 0.4) is 0 Å². The van der Waals surface area contributed by atoms with Crippen LogP contribution in [0.2, 0.25) is 0 Å². The van der Waals surface area contributed by atoms with Gasteiger partial charge in [0.25, 0.3) is 6.01 Å². The largest absolute Gasteiger partial charge is 0.424 e. The molecule has 4 N–H and O–H groups in total. The van der Waals surface area contributed by atoms with Gasteiger partial charge in [-0.2, -0.15) is 10.1 Å². The quantitative estimate of drug-likeness (QED) is 0.313. The van der Waals surface area contributed by atoms with Crippen molar-refractivity contribution in [2.45, 2.75) is 32.9 Å². The molecular weight excluding hydrogens is 484 g/mol. The van der Waals surface area contributed by atoms with Gasteiger partial charge in [0.15, 0.2) is 11.2 Å². The summed E-state index contributed by atoms with van der Waals surface area (Å²) in [7, 11) is 0. The van der Waals surface area contributed by atoms with Crippen molar-refractivity contribution < 1.29 is 13.9 Å². The second-order valence-corrected chi connectivity index (χ2v) is 9.31. The van der Waals surface area contributed by atoms with Gasteiger partial charge in [0.05, 0.1) is 25.0 Å². The van der Waals surface area contributed by atoms with Gasteiger partial charge in [-0.25, -0.2) is 14.6 Å². The predicted octanol–water partition coefficient (Wildman–Crippen LogP) is 3.16. The lowest BCUT2D eigenvalue weighted by molar-refractivity contribution is -0.133. The Balaban J connectivity index is 1.28. The summed E-state index contributed by atoms with van der Waals surface area (Å²) in [4.78, 5) is 27.4. The molecule has 0 bridgehead atoms. The second kappa shape index (κ2) is 9.75. The first-order chi connectivity index (χ1) is 18.5. The molecule has 6 rings (SSSR count). The number of nitrogen functional groups attached to an aromatic ring is 2. The van der Waals surface area contributed by atoms with Crippen LogP contribution in [0.4, 0.5) is 11.8 Å². The van der Waals surface area contributed by atoms with Crippen LogP contribution in [0, 0.1) is 0 Å². The molecule has 11 heteroatoms. The molecule has 0 fully saturated rings. The number of aromatic nitrogens is 5. The van der Waals surface area contributed by atoms with Crippen molar-refractivity contribution in [3.05, 3.63) is 59.4 Å². The summed E-state index contributed by atoms with van der Waals surface area (Å²) < 4.78 is 12.6. The predicted molar refractivity (Wildman–Crippen MR) is 143 cm³/mol. The minimum absolute atomic E-state index is 0.112. The molecule has 0 saturated carbocycles. The van der Waals surface area contributed by atoms with Crippen molar-refractivity contribution in [2.24, 2.45) is 0 Å². The zero-order chi connectivity index (χ0) is 26.2. The van der Waals surface area contributed by atoms with Crippen LogP contribution in [0.15, 0.2) is 47.1 Å². The molecule has 0 spiro atoms. The van der Waals surface area contributed by atoms with E-state index in [4.69, 9.17) is 25.7 Å². The van der Waals surface area contributed by atoms with E-state index in [1.165, 1.54) is 17.5 Å². The Bertz CT molecular complexity index is 1660. The van der Waals surface area contributed by atoms with E-state index in [0.29, 0.717) is 72.9 Å². The van der Waals surface area contributed by atoms with E-state index in [2.05, 4.69) is 33.2 Å². The Morgan fingerprint density at radius 1 is 1.13 bits per heavy atom. The number of oxazole rings is 1. The molecule has 0 radical (unpaired) electrons. The van der Waals surface area contributed by atoms with Crippen LogP contribution < -0.4 is 11.5 Å². The third-order valence-corrected chi connectivity index (χ3v) is 6.87. The number of carbonyl (C=O) groups is 1. The highest BCUT2D eigenvalue weighted by atomic mass is 16.5. The summed E-state index contributed by atoms with van der Waals surface area (Å²) in [5.41, 5.74) is 18.9. The Kier molecular flexibility index (Phi) is 6.12. The van der Waals surface area contributed by atoms with Gasteiger partial charge in [0.2, 0.25) is 5.91 Å². The molecule has 4 heterocycles. The highest BCUT2D eigenvalue weighted by Gasteiger charge is 2.22. The van der Waals surface area contributed by atoms with Gasteiger partial charge in [0.1, 0.15) is 23.4 Å². The van der Waals surface area contributed by atoms with E-state index in [1.54, 1.807) is 0 Å². The van der Waals surface area contributed by atoms with Gasteiger partial charge in [-0.15, -0.1) is 0 Å². The summed E-state index contributed by atoms with van der Waals surface area (Å²) in [5, 5.41) is 5.57. The molecule has 11 nitrogen and oxygen atoms in total. The molecule has 3 aromatic heterocycles. The molecule has 38 heavy (non-hydrogen) atoms. The Labute approximate surface area is 218 Å². The second-order valence-electron chi connectivity index (χ2n) is 9.31. The summed E-state index contributed by atoms with van der Waals surface area (Å²) in [5.74, 6) is 0.489. The van der Waals surface area contributed by atoms with E-state index >= 15 is 0 Å². The van der Waals surface area contributed by atoms with Gasteiger partial charge in [-0.05, 0) is 48.2 Å². The summed E-state index contributed by atoms with van der Waals surface area (Å²) in [6, 6.07) is 12.1. The monoisotopic (exact) mass is 512 g/mol. The number of hydrogen-bond acceptors (Lipinski definition) is 9. The molecular formula is C27H28N8O3.